The smallest absolute Gasteiger partial charge is 0.141 e. The standard InChI is InChI=1S/C11H18N2O/c1-7(2)10(6-12)5-11-8(3)13-14-9(11)4/h5,7H,6,12H2,1-4H3. The largest absolute Gasteiger partial charge is 0.361 e. The van der Waals surface area contributed by atoms with Gasteiger partial charge in [-0.2, -0.15) is 0 Å². The molecule has 0 bridgehead atoms. The molecule has 3 heteroatoms. The molecule has 0 aliphatic heterocycles. The van der Waals surface area contributed by atoms with Crippen LogP contribution >= 0.6 is 0 Å². The first-order valence-corrected chi connectivity index (χ1v) is 4.89. The Morgan fingerprint density at radius 1 is 1.50 bits per heavy atom. The topological polar surface area (TPSA) is 52.0 Å². The molecule has 3 nitrogen and oxygen atoms in total. The van der Waals surface area contributed by atoms with Crippen molar-refractivity contribution < 1.29 is 4.52 Å². The van der Waals surface area contributed by atoms with E-state index in [4.69, 9.17) is 10.3 Å². The van der Waals surface area contributed by atoms with Crippen molar-refractivity contribution >= 4 is 6.08 Å². The van der Waals surface area contributed by atoms with Crippen molar-refractivity contribution in [3.8, 4) is 0 Å². The maximum absolute atomic E-state index is 5.67. The molecule has 0 aromatic carbocycles. The van der Waals surface area contributed by atoms with Gasteiger partial charge in [0.25, 0.3) is 0 Å². The van der Waals surface area contributed by atoms with Crippen LogP contribution in [0.5, 0.6) is 0 Å². The van der Waals surface area contributed by atoms with Gasteiger partial charge in [0.1, 0.15) is 5.76 Å². The summed E-state index contributed by atoms with van der Waals surface area (Å²) in [6.07, 6.45) is 2.09. The summed E-state index contributed by atoms with van der Waals surface area (Å²) in [6.45, 7) is 8.71. The average Bonchev–Trinajstić information content (AvgIpc) is 2.43. The van der Waals surface area contributed by atoms with Crippen LogP contribution in [0.2, 0.25) is 0 Å². The minimum atomic E-state index is 0.466. The molecule has 1 aromatic heterocycles. The Kier molecular flexibility index (Phi) is 3.47. The van der Waals surface area contributed by atoms with Gasteiger partial charge >= 0.3 is 0 Å². The molecule has 1 aromatic rings. The highest BCUT2D eigenvalue weighted by molar-refractivity contribution is 5.57. The third-order valence-electron chi connectivity index (χ3n) is 2.40. The first kappa shape index (κ1) is 11.0. The fraction of sp³-hybridized carbons (Fsp3) is 0.545. The van der Waals surface area contributed by atoms with Crippen molar-refractivity contribution in [2.75, 3.05) is 6.54 Å². The van der Waals surface area contributed by atoms with Crippen LogP contribution in [0.3, 0.4) is 0 Å². The van der Waals surface area contributed by atoms with Crippen LogP contribution in [0.25, 0.3) is 6.08 Å². The fourth-order valence-electron chi connectivity index (χ4n) is 1.34. The van der Waals surface area contributed by atoms with Crippen molar-refractivity contribution in [1.29, 1.82) is 0 Å². The van der Waals surface area contributed by atoms with Gasteiger partial charge in [-0.05, 0) is 25.8 Å². The quantitative estimate of drug-likeness (QED) is 0.803. The molecule has 0 atom stereocenters. The second kappa shape index (κ2) is 4.42. The minimum absolute atomic E-state index is 0.466. The van der Waals surface area contributed by atoms with Crippen LogP contribution in [0.1, 0.15) is 30.9 Å². The lowest BCUT2D eigenvalue weighted by atomic mass is 10.00. The molecule has 0 fully saturated rings. The highest BCUT2D eigenvalue weighted by Crippen LogP contribution is 2.19. The van der Waals surface area contributed by atoms with E-state index < -0.39 is 0 Å². The van der Waals surface area contributed by atoms with Crippen molar-refractivity contribution in [3.05, 3.63) is 22.6 Å². The number of aryl methyl sites for hydroxylation is 2. The highest BCUT2D eigenvalue weighted by Gasteiger charge is 2.08. The van der Waals surface area contributed by atoms with Crippen molar-refractivity contribution in [2.24, 2.45) is 11.7 Å². The monoisotopic (exact) mass is 194 g/mol. The molecule has 1 heterocycles. The molecule has 0 saturated carbocycles. The predicted molar refractivity (Wildman–Crippen MR) is 57.8 cm³/mol. The van der Waals surface area contributed by atoms with Crippen LogP contribution in [0.15, 0.2) is 10.1 Å². The Bertz CT molecular complexity index is 318. The predicted octanol–water partition coefficient (Wildman–Crippen LogP) is 2.29. The van der Waals surface area contributed by atoms with Crippen LogP contribution in [-0.2, 0) is 0 Å². The molecule has 14 heavy (non-hydrogen) atoms. The van der Waals surface area contributed by atoms with Gasteiger partial charge in [0.15, 0.2) is 0 Å². The Balaban J connectivity index is 3.05. The molecule has 0 aliphatic carbocycles. The summed E-state index contributed by atoms with van der Waals surface area (Å²) in [7, 11) is 0. The van der Waals surface area contributed by atoms with Crippen molar-refractivity contribution in [2.45, 2.75) is 27.7 Å². The van der Waals surface area contributed by atoms with Gasteiger partial charge in [0, 0.05) is 12.1 Å². The SMILES string of the molecule is Cc1noc(C)c1C=C(CN)C(C)C. The van der Waals surface area contributed by atoms with Gasteiger partial charge in [0.05, 0.1) is 5.69 Å². The van der Waals surface area contributed by atoms with E-state index in [1.807, 2.05) is 13.8 Å². The average molecular weight is 194 g/mol. The summed E-state index contributed by atoms with van der Waals surface area (Å²) in [5, 5.41) is 3.90. The molecule has 0 radical (unpaired) electrons. The van der Waals surface area contributed by atoms with E-state index in [9.17, 15) is 0 Å². The summed E-state index contributed by atoms with van der Waals surface area (Å²) in [5.41, 5.74) is 8.89. The van der Waals surface area contributed by atoms with E-state index in [1.54, 1.807) is 0 Å². The lowest BCUT2D eigenvalue weighted by Crippen LogP contribution is -2.08. The summed E-state index contributed by atoms with van der Waals surface area (Å²) in [5.74, 6) is 1.32. The van der Waals surface area contributed by atoms with Crippen LogP contribution in [0.4, 0.5) is 0 Å². The molecule has 78 valence electrons. The number of rotatable bonds is 3. The van der Waals surface area contributed by atoms with Gasteiger partial charge in [-0.1, -0.05) is 24.6 Å². The van der Waals surface area contributed by atoms with Gasteiger partial charge in [-0.3, -0.25) is 0 Å². The van der Waals surface area contributed by atoms with Gasteiger partial charge < -0.3 is 10.3 Å². The summed E-state index contributed by atoms with van der Waals surface area (Å²) in [6, 6.07) is 0. The number of nitrogens with zero attached hydrogens (tertiary/aromatic N) is 1. The Morgan fingerprint density at radius 2 is 2.14 bits per heavy atom. The molecule has 0 saturated heterocycles. The van der Waals surface area contributed by atoms with E-state index in [-0.39, 0.29) is 0 Å². The number of hydrogen-bond donors (Lipinski definition) is 1. The fourth-order valence-corrected chi connectivity index (χ4v) is 1.34. The first-order valence-electron chi connectivity index (χ1n) is 4.89. The van der Waals surface area contributed by atoms with E-state index in [0.29, 0.717) is 12.5 Å². The molecule has 0 spiro atoms. The van der Waals surface area contributed by atoms with E-state index in [1.165, 1.54) is 5.57 Å². The zero-order valence-electron chi connectivity index (χ0n) is 9.29. The first-order chi connectivity index (χ1) is 6.56. The molecule has 0 aliphatic rings. The maximum atomic E-state index is 5.67. The summed E-state index contributed by atoms with van der Waals surface area (Å²) >= 11 is 0. The van der Waals surface area contributed by atoms with Crippen LogP contribution in [0, 0.1) is 19.8 Å². The minimum Gasteiger partial charge on any atom is -0.361 e. The third kappa shape index (κ3) is 2.23. The molecular weight excluding hydrogens is 176 g/mol. The molecule has 1 rings (SSSR count). The lowest BCUT2D eigenvalue weighted by Gasteiger charge is -2.07. The van der Waals surface area contributed by atoms with Crippen LogP contribution in [-0.4, -0.2) is 11.7 Å². The number of aromatic nitrogens is 1. The second-order valence-corrected chi connectivity index (χ2v) is 3.82. The normalized spacial score (nSPS) is 12.6. The zero-order chi connectivity index (χ0) is 10.7. The molecule has 0 amide bonds. The van der Waals surface area contributed by atoms with Crippen LogP contribution < -0.4 is 5.73 Å². The third-order valence-corrected chi connectivity index (χ3v) is 2.40. The maximum Gasteiger partial charge on any atom is 0.141 e. The van der Waals surface area contributed by atoms with Gasteiger partial charge in [0.2, 0.25) is 0 Å². The van der Waals surface area contributed by atoms with E-state index in [0.717, 1.165) is 17.0 Å². The Labute approximate surface area is 85.0 Å². The van der Waals surface area contributed by atoms with Crippen molar-refractivity contribution in [1.82, 2.24) is 5.16 Å². The lowest BCUT2D eigenvalue weighted by molar-refractivity contribution is 0.393. The summed E-state index contributed by atoms with van der Waals surface area (Å²) in [4.78, 5) is 0. The summed E-state index contributed by atoms with van der Waals surface area (Å²) < 4.78 is 5.09. The molecular formula is C11H18N2O. The second-order valence-electron chi connectivity index (χ2n) is 3.82. The Morgan fingerprint density at radius 3 is 2.50 bits per heavy atom. The van der Waals surface area contributed by atoms with Crippen molar-refractivity contribution in [3.63, 3.8) is 0 Å². The molecule has 0 unspecified atom stereocenters. The Hall–Kier alpha value is -1.09. The van der Waals surface area contributed by atoms with Gasteiger partial charge in [-0.25, -0.2) is 0 Å². The molecule has 2 N–H and O–H groups in total. The highest BCUT2D eigenvalue weighted by atomic mass is 16.5. The van der Waals surface area contributed by atoms with Gasteiger partial charge in [-0.15, -0.1) is 0 Å². The van der Waals surface area contributed by atoms with E-state index in [2.05, 4.69) is 25.1 Å². The number of hydrogen-bond acceptors (Lipinski definition) is 3. The number of nitrogens with two attached hydrogens (primary N) is 1. The van der Waals surface area contributed by atoms with E-state index >= 15 is 0 Å². The zero-order valence-corrected chi connectivity index (χ0v) is 9.29.